The monoisotopic (exact) mass is 297 g/mol. The SMILES string of the molecule is COc1ccc2[nH]c3c4ccccc4c4ccccc4c3c2c1. The van der Waals surface area contributed by atoms with Crippen LogP contribution in [0, 0.1) is 0 Å². The summed E-state index contributed by atoms with van der Waals surface area (Å²) in [6.45, 7) is 0. The summed E-state index contributed by atoms with van der Waals surface area (Å²) in [5, 5.41) is 7.60. The maximum atomic E-state index is 5.43. The second kappa shape index (κ2) is 4.50. The minimum Gasteiger partial charge on any atom is -0.497 e. The molecule has 0 aliphatic carbocycles. The van der Waals surface area contributed by atoms with E-state index >= 15 is 0 Å². The molecule has 0 fully saturated rings. The molecule has 0 saturated carbocycles. The van der Waals surface area contributed by atoms with Crippen molar-refractivity contribution in [2.24, 2.45) is 0 Å². The zero-order valence-corrected chi connectivity index (χ0v) is 12.8. The van der Waals surface area contributed by atoms with Crippen molar-refractivity contribution in [2.75, 3.05) is 7.11 Å². The van der Waals surface area contributed by atoms with Gasteiger partial charge in [0.15, 0.2) is 0 Å². The van der Waals surface area contributed by atoms with Crippen LogP contribution in [0.2, 0.25) is 0 Å². The van der Waals surface area contributed by atoms with Gasteiger partial charge in [0, 0.05) is 21.7 Å². The minimum absolute atomic E-state index is 0.885. The molecule has 1 heterocycles. The Morgan fingerprint density at radius 2 is 1.35 bits per heavy atom. The Morgan fingerprint density at radius 3 is 2.09 bits per heavy atom. The molecule has 5 rings (SSSR count). The highest BCUT2D eigenvalue weighted by atomic mass is 16.5. The highest BCUT2D eigenvalue weighted by Gasteiger charge is 2.13. The predicted octanol–water partition coefficient (Wildman–Crippen LogP) is 5.64. The van der Waals surface area contributed by atoms with Crippen molar-refractivity contribution >= 4 is 43.4 Å². The number of hydrogen-bond acceptors (Lipinski definition) is 1. The average Bonchev–Trinajstić information content (AvgIpc) is 3.01. The molecule has 4 aromatic carbocycles. The van der Waals surface area contributed by atoms with Crippen LogP contribution in [0.5, 0.6) is 5.75 Å². The summed E-state index contributed by atoms with van der Waals surface area (Å²) in [6.07, 6.45) is 0. The van der Waals surface area contributed by atoms with Crippen LogP contribution >= 0.6 is 0 Å². The van der Waals surface area contributed by atoms with Gasteiger partial charge in [-0.3, -0.25) is 0 Å². The maximum Gasteiger partial charge on any atom is 0.119 e. The molecule has 5 aromatic rings. The fraction of sp³-hybridized carbons (Fsp3) is 0.0476. The Labute approximate surface area is 133 Å². The molecule has 0 aliphatic rings. The fourth-order valence-corrected chi connectivity index (χ4v) is 3.65. The first-order chi connectivity index (χ1) is 11.4. The van der Waals surface area contributed by atoms with E-state index in [4.69, 9.17) is 4.74 Å². The average molecular weight is 297 g/mol. The van der Waals surface area contributed by atoms with E-state index in [2.05, 4.69) is 65.6 Å². The second-order valence-electron chi connectivity index (χ2n) is 5.88. The number of aromatic nitrogens is 1. The van der Waals surface area contributed by atoms with Crippen molar-refractivity contribution in [1.29, 1.82) is 0 Å². The van der Waals surface area contributed by atoms with E-state index < -0.39 is 0 Å². The van der Waals surface area contributed by atoms with E-state index in [1.165, 1.54) is 37.8 Å². The Hall–Kier alpha value is -3.00. The highest BCUT2D eigenvalue weighted by Crippen LogP contribution is 2.39. The Kier molecular flexibility index (Phi) is 2.45. The molecular formula is C21H15NO. The lowest BCUT2D eigenvalue weighted by atomic mass is 9.97. The lowest BCUT2D eigenvalue weighted by molar-refractivity contribution is 0.415. The quantitative estimate of drug-likeness (QED) is 0.398. The van der Waals surface area contributed by atoms with Gasteiger partial charge in [-0.25, -0.2) is 0 Å². The molecule has 0 aliphatic heterocycles. The highest BCUT2D eigenvalue weighted by molar-refractivity contribution is 6.31. The minimum atomic E-state index is 0.885. The first-order valence-electron chi connectivity index (χ1n) is 7.76. The van der Waals surface area contributed by atoms with Crippen LogP contribution in [0.3, 0.4) is 0 Å². The van der Waals surface area contributed by atoms with Crippen LogP contribution < -0.4 is 4.74 Å². The Balaban J connectivity index is 2.15. The molecule has 0 atom stereocenters. The van der Waals surface area contributed by atoms with Crippen molar-refractivity contribution in [2.45, 2.75) is 0 Å². The van der Waals surface area contributed by atoms with Crippen LogP contribution in [0.1, 0.15) is 0 Å². The van der Waals surface area contributed by atoms with Gasteiger partial charge in [0.1, 0.15) is 5.75 Å². The van der Waals surface area contributed by atoms with Gasteiger partial charge in [-0.15, -0.1) is 0 Å². The number of methoxy groups -OCH3 is 1. The summed E-state index contributed by atoms with van der Waals surface area (Å²) in [4.78, 5) is 3.61. The number of hydrogen-bond donors (Lipinski definition) is 1. The van der Waals surface area contributed by atoms with Crippen LogP contribution in [0.15, 0.2) is 66.7 Å². The van der Waals surface area contributed by atoms with Gasteiger partial charge in [0.2, 0.25) is 0 Å². The summed E-state index contributed by atoms with van der Waals surface area (Å²) >= 11 is 0. The summed E-state index contributed by atoms with van der Waals surface area (Å²) in [6, 6.07) is 23.4. The summed E-state index contributed by atoms with van der Waals surface area (Å²) in [7, 11) is 1.71. The van der Waals surface area contributed by atoms with Crippen molar-refractivity contribution in [3.63, 3.8) is 0 Å². The van der Waals surface area contributed by atoms with Crippen molar-refractivity contribution in [3.8, 4) is 5.75 Å². The Bertz CT molecular complexity index is 1200. The molecule has 23 heavy (non-hydrogen) atoms. The van der Waals surface area contributed by atoms with Gasteiger partial charge >= 0.3 is 0 Å². The van der Waals surface area contributed by atoms with Gasteiger partial charge in [-0.1, -0.05) is 48.5 Å². The molecule has 2 heteroatoms. The molecule has 1 aromatic heterocycles. The molecule has 110 valence electrons. The number of benzene rings is 4. The van der Waals surface area contributed by atoms with E-state index in [0.29, 0.717) is 0 Å². The Morgan fingerprint density at radius 1 is 0.696 bits per heavy atom. The van der Waals surface area contributed by atoms with Crippen molar-refractivity contribution < 1.29 is 4.74 Å². The van der Waals surface area contributed by atoms with Gasteiger partial charge in [-0.05, 0) is 34.4 Å². The summed E-state index contributed by atoms with van der Waals surface area (Å²) in [5.74, 6) is 0.885. The molecule has 2 nitrogen and oxygen atoms in total. The van der Waals surface area contributed by atoms with E-state index in [-0.39, 0.29) is 0 Å². The third-order valence-corrected chi connectivity index (χ3v) is 4.69. The van der Waals surface area contributed by atoms with Crippen LogP contribution in [-0.2, 0) is 0 Å². The van der Waals surface area contributed by atoms with E-state index in [9.17, 15) is 0 Å². The molecule has 0 saturated heterocycles. The van der Waals surface area contributed by atoms with Crippen molar-refractivity contribution in [1.82, 2.24) is 4.98 Å². The number of fused-ring (bicyclic) bond motifs is 8. The molecule has 0 unspecified atom stereocenters. The normalized spacial score (nSPS) is 11.7. The maximum absolute atomic E-state index is 5.43. The molecule has 0 bridgehead atoms. The molecule has 0 amide bonds. The van der Waals surface area contributed by atoms with Crippen molar-refractivity contribution in [3.05, 3.63) is 66.7 Å². The lowest BCUT2D eigenvalue weighted by Gasteiger charge is -2.07. The zero-order valence-electron chi connectivity index (χ0n) is 12.8. The van der Waals surface area contributed by atoms with Crippen LogP contribution in [-0.4, -0.2) is 12.1 Å². The number of ether oxygens (including phenoxy) is 1. The van der Waals surface area contributed by atoms with Crippen LogP contribution in [0.4, 0.5) is 0 Å². The lowest BCUT2D eigenvalue weighted by Crippen LogP contribution is -1.82. The largest absolute Gasteiger partial charge is 0.497 e. The third kappa shape index (κ3) is 1.63. The third-order valence-electron chi connectivity index (χ3n) is 4.69. The topological polar surface area (TPSA) is 25.0 Å². The smallest absolute Gasteiger partial charge is 0.119 e. The number of rotatable bonds is 1. The number of nitrogens with one attached hydrogen (secondary N) is 1. The fourth-order valence-electron chi connectivity index (χ4n) is 3.65. The molecular weight excluding hydrogens is 282 g/mol. The second-order valence-corrected chi connectivity index (χ2v) is 5.88. The first kappa shape index (κ1) is 12.5. The van der Waals surface area contributed by atoms with E-state index in [1.54, 1.807) is 7.11 Å². The van der Waals surface area contributed by atoms with Crippen LogP contribution in [0.25, 0.3) is 43.4 Å². The molecule has 0 radical (unpaired) electrons. The number of aromatic amines is 1. The molecule has 0 spiro atoms. The van der Waals surface area contributed by atoms with Gasteiger partial charge in [0.05, 0.1) is 12.6 Å². The van der Waals surface area contributed by atoms with E-state index in [1.807, 2.05) is 6.07 Å². The standard InChI is InChI=1S/C21H15NO/c1-23-13-10-11-19-18(12-13)20-16-8-4-2-6-14(16)15-7-3-5-9-17(15)21(20)22-19/h2-12,22H,1H3. The van der Waals surface area contributed by atoms with E-state index in [0.717, 1.165) is 11.3 Å². The predicted molar refractivity (Wildman–Crippen MR) is 97.4 cm³/mol. The zero-order chi connectivity index (χ0) is 15.4. The number of H-pyrrole nitrogens is 1. The van der Waals surface area contributed by atoms with Gasteiger partial charge in [0.25, 0.3) is 0 Å². The first-order valence-corrected chi connectivity index (χ1v) is 7.76. The summed E-state index contributed by atoms with van der Waals surface area (Å²) < 4.78 is 5.43. The van der Waals surface area contributed by atoms with Gasteiger partial charge in [-0.2, -0.15) is 0 Å². The van der Waals surface area contributed by atoms with Gasteiger partial charge < -0.3 is 9.72 Å². The molecule has 1 N–H and O–H groups in total. The summed E-state index contributed by atoms with van der Waals surface area (Å²) in [5.41, 5.74) is 2.34.